The molecular weight excluding hydrogens is 220 g/mol. The fourth-order valence-corrected chi connectivity index (χ4v) is 2.16. The minimum Gasteiger partial charge on any atom is -0.399 e. The molecule has 3 N–H and O–H groups in total. The molecule has 0 saturated heterocycles. The molecule has 1 aromatic carbocycles. The zero-order valence-corrected chi connectivity index (χ0v) is 10.7. The van der Waals surface area contributed by atoms with E-state index in [0.717, 1.165) is 16.1 Å². The van der Waals surface area contributed by atoms with E-state index in [9.17, 15) is 4.79 Å². The minimum absolute atomic E-state index is 0.0659. The SMILES string of the molecule is Cc1cc(N)ccc1SCC(=O)NC(C)C. The smallest absolute Gasteiger partial charge is 0.230 e. The van der Waals surface area contributed by atoms with Gasteiger partial charge in [-0.2, -0.15) is 0 Å². The molecule has 0 aliphatic rings. The summed E-state index contributed by atoms with van der Waals surface area (Å²) in [5, 5.41) is 2.86. The summed E-state index contributed by atoms with van der Waals surface area (Å²) in [5.41, 5.74) is 7.53. The zero-order chi connectivity index (χ0) is 12.1. The first-order valence-corrected chi connectivity index (χ1v) is 6.26. The Labute approximate surface area is 101 Å². The van der Waals surface area contributed by atoms with E-state index in [0.29, 0.717) is 5.75 Å². The maximum atomic E-state index is 11.4. The molecule has 0 fully saturated rings. The lowest BCUT2D eigenvalue weighted by Gasteiger charge is -2.09. The molecule has 1 rings (SSSR count). The van der Waals surface area contributed by atoms with E-state index in [1.165, 1.54) is 11.8 Å². The van der Waals surface area contributed by atoms with Crippen molar-refractivity contribution in [3.8, 4) is 0 Å². The highest BCUT2D eigenvalue weighted by Gasteiger charge is 2.05. The maximum Gasteiger partial charge on any atom is 0.230 e. The Kier molecular flexibility index (Phi) is 4.68. The minimum atomic E-state index is 0.0659. The van der Waals surface area contributed by atoms with Crippen molar-refractivity contribution >= 4 is 23.4 Å². The van der Waals surface area contributed by atoms with Gasteiger partial charge in [0.25, 0.3) is 0 Å². The second-order valence-electron chi connectivity index (χ2n) is 4.04. The van der Waals surface area contributed by atoms with Gasteiger partial charge in [-0.05, 0) is 44.5 Å². The molecule has 0 aromatic heterocycles. The van der Waals surface area contributed by atoms with Crippen LogP contribution in [0.15, 0.2) is 23.1 Å². The second kappa shape index (κ2) is 5.80. The number of nitrogen functional groups attached to an aromatic ring is 1. The highest BCUT2D eigenvalue weighted by Crippen LogP contribution is 2.23. The number of nitrogens with one attached hydrogen (secondary N) is 1. The molecule has 0 bridgehead atoms. The van der Waals surface area contributed by atoms with Gasteiger partial charge in [-0.1, -0.05) is 0 Å². The first-order valence-electron chi connectivity index (χ1n) is 5.27. The van der Waals surface area contributed by atoms with Gasteiger partial charge in [-0.25, -0.2) is 0 Å². The van der Waals surface area contributed by atoms with Crippen LogP contribution in [0.5, 0.6) is 0 Å². The van der Waals surface area contributed by atoms with Gasteiger partial charge in [0.2, 0.25) is 5.91 Å². The number of carbonyl (C=O) groups excluding carboxylic acids is 1. The van der Waals surface area contributed by atoms with Crippen LogP contribution in [0.1, 0.15) is 19.4 Å². The summed E-state index contributed by atoms with van der Waals surface area (Å²) in [4.78, 5) is 12.6. The largest absolute Gasteiger partial charge is 0.399 e. The number of hydrogen-bond donors (Lipinski definition) is 2. The van der Waals surface area contributed by atoms with Crippen molar-refractivity contribution < 1.29 is 4.79 Å². The lowest BCUT2D eigenvalue weighted by molar-refractivity contribution is -0.119. The van der Waals surface area contributed by atoms with Crippen molar-refractivity contribution in [3.63, 3.8) is 0 Å². The molecular formula is C12H18N2OS. The average Bonchev–Trinajstić information content (AvgIpc) is 2.15. The summed E-state index contributed by atoms with van der Waals surface area (Å²) >= 11 is 1.54. The van der Waals surface area contributed by atoms with E-state index in [1.54, 1.807) is 0 Å². The number of hydrogen-bond acceptors (Lipinski definition) is 3. The Morgan fingerprint density at radius 1 is 1.50 bits per heavy atom. The predicted octanol–water partition coefficient (Wildman–Crippen LogP) is 2.19. The Morgan fingerprint density at radius 3 is 2.75 bits per heavy atom. The number of amides is 1. The number of thioether (sulfide) groups is 1. The fraction of sp³-hybridized carbons (Fsp3) is 0.417. The van der Waals surface area contributed by atoms with E-state index in [1.807, 2.05) is 39.0 Å². The Morgan fingerprint density at radius 2 is 2.19 bits per heavy atom. The third-order valence-electron chi connectivity index (χ3n) is 2.01. The van der Waals surface area contributed by atoms with Crippen LogP contribution >= 0.6 is 11.8 Å². The third kappa shape index (κ3) is 4.14. The fourth-order valence-electron chi connectivity index (χ4n) is 1.34. The van der Waals surface area contributed by atoms with Gasteiger partial charge in [0.15, 0.2) is 0 Å². The molecule has 0 atom stereocenters. The van der Waals surface area contributed by atoms with Gasteiger partial charge in [-0.15, -0.1) is 11.8 Å². The molecule has 16 heavy (non-hydrogen) atoms. The number of carbonyl (C=O) groups is 1. The van der Waals surface area contributed by atoms with Crippen LogP contribution < -0.4 is 11.1 Å². The maximum absolute atomic E-state index is 11.4. The van der Waals surface area contributed by atoms with Crippen LogP contribution in [-0.4, -0.2) is 17.7 Å². The van der Waals surface area contributed by atoms with Gasteiger partial charge >= 0.3 is 0 Å². The molecule has 0 aliphatic carbocycles. The lowest BCUT2D eigenvalue weighted by atomic mass is 10.2. The van der Waals surface area contributed by atoms with Crippen LogP contribution in [0.4, 0.5) is 5.69 Å². The van der Waals surface area contributed by atoms with Gasteiger partial charge < -0.3 is 11.1 Å². The first-order chi connectivity index (χ1) is 7.49. The number of rotatable bonds is 4. The van der Waals surface area contributed by atoms with Gasteiger partial charge in [0, 0.05) is 16.6 Å². The van der Waals surface area contributed by atoms with E-state index in [-0.39, 0.29) is 11.9 Å². The lowest BCUT2D eigenvalue weighted by Crippen LogP contribution is -2.31. The van der Waals surface area contributed by atoms with Gasteiger partial charge in [0.05, 0.1) is 5.75 Å². The van der Waals surface area contributed by atoms with Crippen molar-refractivity contribution in [2.45, 2.75) is 31.7 Å². The van der Waals surface area contributed by atoms with Crippen molar-refractivity contribution in [1.29, 1.82) is 0 Å². The first kappa shape index (κ1) is 12.9. The number of anilines is 1. The molecule has 0 spiro atoms. The third-order valence-corrected chi connectivity index (χ3v) is 3.18. The molecule has 0 heterocycles. The highest BCUT2D eigenvalue weighted by molar-refractivity contribution is 8.00. The topological polar surface area (TPSA) is 55.1 Å². The van der Waals surface area contributed by atoms with Gasteiger partial charge in [-0.3, -0.25) is 4.79 Å². The summed E-state index contributed by atoms with van der Waals surface area (Å²) < 4.78 is 0. The van der Waals surface area contributed by atoms with Crippen molar-refractivity contribution in [2.75, 3.05) is 11.5 Å². The summed E-state index contributed by atoms with van der Waals surface area (Å²) in [6.07, 6.45) is 0. The van der Waals surface area contributed by atoms with Crippen LogP contribution in [0.3, 0.4) is 0 Å². The summed E-state index contributed by atoms with van der Waals surface area (Å²) in [6.45, 7) is 5.91. The van der Waals surface area contributed by atoms with Crippen LogP contribution in [0, 0.1) is 6.92 Å². The molecule has 0 unspecified atom stereocenters. The van der Waals surface area contributed by atoms with E-state index >= 15 is 0 Å². The molecule has 0 aliphatic heterocycles. The molecule has 0 saturated carbocycles. The Bertz CT molecular complexity index is 377. The van der Waals surface area contributed by atoms with Crippen LogP contribution in [0.2, 0.25) is 0 Å². The molecule has 0 radical (unpaired) electrons. The van der Waals surface area contributed by atoms with Crippen molar-refractivity contribution in [3.05, 3.63) is 23.8 Å². The summed E-state index contributed by atoms with van der Waals surface area (Å²) in [6, 6.07) is 5.93. The summed E-state index contributed by atoms with van der Waals surface area (Å²) in [5.74, 6) is 0.513. The van der Waals surface area contributed by atoms with E-state index in [4.69, 9.17) is 5.73 Å². The van der Waals surface area contributed by atoms with E-state index in [2.05, 4.69) is 5.32 Å². The molecule has 88 valence electrons. The number of benzene rings is 1. The number of aryl methyl sites for hydroxylation is 1. The number of nitrogens with two attached hydrogens (primary N) is 1. The average molecular weight is 238 g/mol. The highest BCUT2D eigenvalue weighted by atomic mass is 32.2. The predicted molar refractivity (Wildman–Crippen MR) is 69.6 cm³/mol. The van der Waals surface area contributed by atoms with Gasteiger partial charge in [0.1, 0.15) is 0 Å². The molecule has 4 heteroatoms. The van der Waals surface area contributed by atoms with Crippen LogP contribution in [0.25, 0.3) is 0 Å². The standard InChI is InChI=1S/C12H18N2OS/c1-8(2)14-12(15)7-16-11-5-4-10(13)6-9(11)3/h4-6,8H,7,13H2,1-3H3,(H,14,15). The molecule has 1 amide bonds. The summed E-state index contributed by atoms with van der Waals surface area (Å²) in [7, 11) is 0. The van der Waals surface area contributed by atoms with E-state index < -0.39 is 0 Å². The molecule has 1 aromatic rings. The van der Waals surface area contributed by atoms with Crippen LogP contribution in [-0.2, 0) is 4.79 Å². The quantitative estimate of drug-likeness (QED) is 0.624. The van der Waals surface area contributed by atoms with Crippen molar-refractivity contribution in [1.82, 2.24) is 5.32 Å². The Balaban J connectivity index is 2.51. The second-order valence-corrected chi connectivity index (χ2v) is 5.05. The Hall–Kier alpha value is -1.16. The normalized spacial score (nSPS) is 10.5. The van der Waals surface area contributed by atoms with Crippen molar-refractivity contribution in [2.24, 2.45) is 0 Å². The zero-order valence-electron chi connectivity index (χ0n) is 9.91. The monoisotopic (exact) mass is 238 g/mol. The molecule has 3 nitrogen and oxygen atoms in total.